The zero-order chi connectivity index (χ0) is 15.0. The molecule has 1 aliphatic heterocycles. The highest BCUT2D eigenvalue weighted by Gasteiger charge is 2.33. The number of ether oxygens (including phenoxy) is 1. The molecule has 6 nitrogen and oxygen atoms in total. The molecule has 1 fully saturated rings. The zero-order valence-corrected chi connectivity index (χ0v) is 13.5. The van der Waals surface area contributed by atoms with Gasteiger partial charge in [0.2, 0.25) is 10.0 Å². The van der Waals surface area contributed by atoms with Crippen LogP contribution in [-0.4, -0.2) is 44.2 Å². The van der Waals surface area contributed by atoms with Crippen molar-refractivity contribution in [2.75, 3.05) is 26.3 Å². The van der Waals surface area contributed by atoms with Crippen LogP contribution >= 0.6 is 11.3 Å². The fourth-order valence-electron chi connectivity index (χ4n) is 2.52. The molecule has 21 heavy (non-hydrogen) atoms. The number of aromatic nitrogens is 1. The molecule has 0 unspecified atom stereocenters. The summed E-state index contributed by atoms with van der Waals surface area (Å²) in [5.74, 6) is 0.490. The Hall–Kier alpha value is -1.22. The van der Waals surface area contributed by atoms with E-state index in [1.165, 1.54) is 21.8 Å². The maximum atomic E-state index is 13.0. The lowest BCUT2D eigenvalue weighted by Gasteiger charge is -2.26. The summed E-state index contributed by atoms with van der Waals surface area (Å²) in [5.41, 5.74) is 0.626. The van der Waals surface area contributed by atoms with E-state index < -0.39 is 10.0 Å². The van der Waals surface area contributed by atoms with Gasteiger partial charge < -0.3 is 9.26 Å². The Morgan fingerprint density at radius 1 is 1.24 bits per heavy atom. The van der Waals surface area contributed by atoms with Crippen LogP contribution in [0.1, 0.15) is 9.75 Å². The summed E-state index contributed by atoms with van der Waals surface area (Å²) < 4.78 is 37.8. The molecule has 0 radical (unpaired) electrons. The van der Waals surface area contributed by atoms with Gasteiger partial charge in [-0.25, -0.2) is 8.42 Å². The molecule has 0 saturated carbocycles. The van der Waals surface area contributed by atoms with Crippen molar-refractivity contribution in [1.82, 2.24) is 9.46 Å². The van der Waals surface area contributed by atoms with Gasteiger partial charge in [-0.3, -0.25) is 0 Å². The molecular weight excluding hydrogens is 312 g/mol. The molecule has 0 atom stereocenters. The minimum absolute atomic E-state index is 0.337. The molecule has 0 bridgehead atoms. The fourth-order valence-corrected chi connectivity index (χ4v) is 5.75. The van der Waals surface area contributed by atoms with Crippen molar-refractivity contribution in [3.8, 4) is 11.3 Å². The number of rotatable bonds is 3. The average molecular weight is 328 g/mol. The van der Waals surface area contributed by atoms with Crippen LogP contribution in [0.3, 0.4) is 0 Å². The second-order valence-electron chi connectivity index (χ2n) is 4.81. The molecule has 1 saturated heterocycles. The van der Waals surface area contributed by atoms with Crippen LogP contribution in [-0.2, 0) is 14.8 Å². The molecule has 0 N–H and O–H groups in total. The molecule has 8 heteroatoms. The first-order chi connectivity index (χ1) is 10.0. The molecule has 0 aliphatic carbocycles. The van der Waals surface area contributed by atoms with Crippen LogP contribution in [0, 0.1) is 13.8 Å². The molecule has 3 rings (SSSR count). The number of hydrogen-bond acceptors (Lipinski definition) is 6. The van der Waals surface area contributed by atoms with E-state index in [4.69, 9.17) is 9.26 Å². The summed E-state index contributed by atoms with van der Waals surface area (Å²) >= 11 is 1.46. The number of sulfonamides is 1. The van der Waals surface area contributed by atoms with E-state index in [1.807, 2.05) is 13.8 Å². The van der Waals surface area contributed by atoms with Crippen LogP contribution in [0.25, 0.3) is 11.3 Å². The van der Waals surface area contributed by atoms with Gasteiger partial charge in [0.15, 0.2) is 5.76 Å². The number of aryl methyl sites for hydroxylation is 2. The zero-order valence-electron chi connectivity index (χ0n) is 11.8. The van der Waals surface area contributed by atoms with E-state index in [2.05, 4.69) is 5.16 Å². The molecule has 2 aromatic heterocycles. The number of morpholine rings is 1. The first-order valence-corrected chi connectivity index (χ1v) is 8.86. The summed E-state index contributed by atoms with van der Waals surface area (Å²) in [7, 11) is -3.55. The van der Waals surface area contributed by atoms with Crippen LogP contribution in [0.15, 0.2) is 21.7 Å². The Morgan fingerprint density at radius 2 is 1.95 bits per heavy atom. The highest BCUT2D eigenvalue weighted by atomic mass is 32.2. The molecule has 0 aromatic carbocycles. The van der Waals surface area contributed by atoms with Gasteiger partial charge in [0.05, 0.1) is 25.0 Å². The second-order valence-corrected chi connectivity index (χ2v) is 8.12. The van der Waals surface area contributed by atoms with Gasteiger partial charge in [0.25, 0.3) is 0 Å². The highest BCUT2D eigenvalue weighted by Crippen LogP contribution is 2.40. The number of hydrogen-bond donors (Lipinski definition) is 0. The van der Waals surface area contributed by atoms with Crippen molar-refractivity contribution in [2.45, 2.75) is 18.7 Å². The first-order valence-electron chi connectivity index (χ1n) is 6.60. The molecule has 3 heterocycles. The van der Waals surface area contributed by atoms with Crippen LogP contribution in [0.4, 0.5) is 0 Å². The molecule has 114 valence electrons. The van der Waals surface area contributed by atoms with E-state index in [0.29, 0.717) is 42.5 Å². The van der Waals surface area contributed by atoms with Crippen LogP contribution in [0.2, 0.25) is 0 Å². The lowest BCUT2D eigenvalue weighted by atomic mass is 10.2. The summed E-state index contributed by atoms with van der Waals surface area (Å²) in [4.78, 5) is 2.02. The van der Waals surface area contributed by atoms with Crippen molar-refractivity contribution in [3.05, 3.63) is 22.0 Å². The quantitative estimate of drug-likeness (QED) is 0.862. The molecular formula is C13H16N2O4S2. The normalized spacial score (nSPS) is 17.2. The topological polar surface area (TPSA) is 72.6 Å². The SMILES string of the molecule is Cc1sc(C)c(S(=O)(=O)N2CCOCC2)c1-c1ccno1. The molecule has 1 aliphatic rings. The van der Waals surface area contributed by atoms with Gasteiger partial charge in [-0.15, -0.1) is 11.3 Å². The van der Waals surface area contributed by atoms with Gasteiger partial charge in [0, 0.05) is 28.9 Å². The summed E-state index contributed by atoms with van der Waals surface area (Å²) in [5, 5.41) is 3.69. The maximum Gasteiger partial charge on any atom is 0.245 e. The minimum Gasteiger partial charge on any atom is -0.379 e. The van der Waals surface area contributed by atoms with Crippen molar-refractivity contribution in [3.63, 3.8) is 0 Å². The Kier molecular flexibility index (Phi) is 3.87. The van der Waals surface area contributed by atoms with E-state index in [1.54, 1.807) is 6.07 Å². The summed E-state index contributed by atoms with van der Waals surface area (Å²) in [6.07, 6.45) is 1.52. The summed E-state index contributed by atoms with van der Waals surface area (Å²) in [6, 6.07) is 1.69. The minimum atomic E-state index is -3.55. The first kappa shape index (κ1) is 14.7. The lowest BCUT2D eigenvalue weighted by molar-refractivity contribution is 0.0730. The monoisotopic (exact) mass is 328 g/mol. The van der Waals surface area contributed by atoms with Crippen molar-refractivity contribution < 1.29 is 17.7 Å². The van der Waals surface area contributed by atoms with Gasteiger partial charge in [-0.2, -0.15) is 4.31 Å². The lowest BCUT2D eigenvalue weighted by Crippen LogP contribution is -2.40. The Labute approximate surface area is 127 Å². The molecule has 0 amide bonds. The van der Waals surface area contributed by atoms with Gasteiger partial charge in [-0.05, 0) is 13.8 Å². The van der Waals surface area contributed by atoms with E-state index >= 15 is 0 Å². The summed E-state index contributed by atoms with van der Waals surface area (Å²) in [6.45, 7) is 5.34. The Balaban J connectivity index is 2.14. The Bertz CT molecular complexity index is 729. The van der Waals surface area contributed by atoms with E-state index in [-0.39, 0.29) is 0 Å². The van der Waals surface area contributed by atoms with Crippen molar-refractivity contribution in [1.29, 1.82) is 0 Å². The maximum absolute atomic E-state index is 13.0. The number of thiophene rings is 1. The third-order valence-electron chi connectivity index (χ3n) is 3.46. The number of nitrogens with zero attached hydrogens (tertiary/aromatic N) is 2. The Morgan fingerprint density at radius 3 is 2.57 bits per heavy atom. The van der Waals surface area contributed by atoms with Gasteiger partial charge in [-0.1, -0.05) is 5.16 Å². The van der Waals surface area contributed by atoms with Crippen LogP contribution in [0.5, 0.6) is 0 Å². The smallest absolute Gasteiger partial charge is 0.245 e. The third kappa shape index (κ3) is 2.52. The van der Waals surface area contributed by atoms with Crippen molar-refractivity contribution in [2.24, 2.45) is 0 Å². The highest BCUT2D eigenvalue weighted by molar-refractivity contribution is 7.89. The second kappa shape index (κ2) is 5.53. The standard InChI is InChI=1S/C13H16N2O4S2/c1-9-12(11-3-4-14-19-11)13(10(2)20-9)21(16,17)15-5-7-18-8-6-15/h3-4H,5-8H2,1-2H3. The van der Waals surface area contributed by atoms with Crippen LogP contribution < -0.4 is 0 Å². The third-order valence-corrected chi connectivity index (χ3v) is 6.68. The van der Waals surface area contributed by atoms with E-state index in [0.717, 1.165) is 9.75 Å². The predicted molar refractivity (Wildman–Crippen MR) is 78.9 cm³/mol. The largest absolute Gasteiger partial charge is 0.379 e. The molecule has 0 spiro atoms. The van der Waals surface area contributed by atoms with Gasteiger partial charge >= 0.3 is 0 Å². The van der Waals surface area contributed by atoms with Gasteiger partial charge in [0.1, 0.15) is 4.90 Å². The van der Waals surface area contributed by atoms with Crippen molar-refractivity contribution >= 4 is 21.4 Å². The van der Waals surface area contributed by atoms with E-state index in [9.17, 15) is 8.42 Å². The fraction of sp³-hybridized carbons (Fsp3) is 0.462. The molecule has 2 aromatic rings. The predicted octanol–water partition coefficient (Wildman–Crippen LogP) is 2.04. The average Bonchev–Trinajstić information content (AvgIpc) is 3.07.